The normalized spacial score (nSPS) is 14.0. The van der Waals surface area contributed by atoms with Crippen LogP contribution in [0.1, 0.15) is 11.1 Å². The van der Waals surface area contributed by atoms with Gasteiger partial charge in [-0.3, -0.25) is 0 Å². The Morgan fingerprint density at radius 3 is 2.48 bits per heavy atom. The molecule has 0 unspecified atom stereocenters. The average Bonchev–Trinajstić information content (AvgIpc) is 2.75. The van der Waals surface area contributed by atoms with Crippen molar-refractivity contribution in [1.82, 2.24) is 20.3 Å². The van der Waals surface area contributed by atoms with Gasteiger partial charge in [0.15, 0.2) is 0 Å². The fourth-order valence-corrected chi connectivity index (χ4v) is 3.29. The van der Waals surface area contributed by atoms with Gasteiger partial charge in [0.1, 0.15) is 17.5 Å². The zero-order valence-electron chi connectivity index (χ0n) is 16.1. The number of piperazine rings is 1. The molecule has 8 heteroatoms. The van der Waals surface area contributed by atoms with Crippen molar-refractivity contribution in [3.05, 3.63) is 65.7 Å². The maximum absolute atomic E-state index is 13.0. The minimum absolute atomic E-state index is 0.235. The minimum atomic E-state index is -0.235. The van der Waals surface area contributed by atoms with Gasteiger partial charge in [-0.25, -0.2) is 14.4 Å². The molecule has 1 aliphatic heterocycles. The molecule has 0 saturated carbocycles. The van der Waals surface area contributed by atoms with Crippen LogP contribution < -0.4 is 21.3 Å². The minimum Gasteiger partial charge on any atom is -0.383 e. The number of nitrogens with one attached hydrogen (secondary N) is 2. The zero-order chi connectivity index (χ0) is 20.1. The Hall–Kier alpha value is -3.26. The van der Waals surface area contributed by atoms with E-state index in [1.807, 2.05) is 18.3 Å². The van der Waals surface area contributed by atoms with Crippen LogP contribution in [-0.4, -0.2) is 41.1 Å². The molecule has 0 radical (unpaired) electrons. The van der Waals surface area contributed by atoms with Crippen LogP contribution >= 0.6 is 0 Å². The second-order valence-electron chi connectivity index (χ2n) is 6.99. The molecule has 150 valence electrons. The van der Waals surface area contributed by atoms with E-state index in [0.717, 1.165) is 49.4 Å². The number of pyridine rings is 1. The Labute approximate surface area is 169 Å². The number of nitrogens with zero attached hydrogens (tertiary/aromatic N) is 4. The third-order valence-electron chi connectivity index (χ3n) is 4.96. The van der Waals surface area contributed by atoms with Crippen LogP contribution in [0.25, 0.3) is 0 Å². The number of nitrogen functional groups attached to an aromatic ring is 1. The van der Waals surface area contributed by atoms with E-state index in [1.165, 1.54) is 12.1 Å². The average molecular weight is 393 g/mol. The lowest BCUT2D eigenvalue weighted by Gasteiger charge is -2.29. The molecule has 1 saturated heterocycles. The van der Waals surface area contributed by atoms with E-state index in [9.17, 15) is 4.39 Å². The van der Waals surface area contributed by atoms with Crippen molar-refractivity contribution in [3.63, 3.8) is 0 Å². The van der Waals surface area contributed by atoms with Crippen molar-refractivity contribution < 1.29 is 4.39 Å². The highest BCUT2D eigenvalue weighted by molar-refractivity contribution is 5.55. The highest BCUT2D eigenvalue weighted by atomic mass is 19.1. The molecule has 3 aromatic rings. The van der Waals surface area contributed by atoms with Crippen molar-refractivity contribution >= 4 is 23.3 Å². The first-order valence-corrected chi connectivity index (χ1v) is 9.72. The molecule has 0 spiro atoms. The molecule has 1 aliphatic rings. The molecule has 4 N–H and O–H groups in total. The Morgan fingerprint density at radius 2 is 1.79 bits per heavy atom. The molecule has 1 aromatic carbocycles. The molecule has 1 fully saturated rings. The first-order chi connectivity index (χ1) is 14.2. The van der Waals surface area contributed by atoms with Crippen LogP contribution in [-0.2, 0) is 12.8 Å². The summed E-state index contributed by atoms with van der Waals surface area (Å²) in [6.07, 6.45) is 5.02. The van der Waals surface area contributed by atoms with Gasteiger partial charge in [-0.2, -0.15) is 4.98 Å². The van der Waals surface area contributed by atoms with E-state index in [-0.39, 0.29) is 5.82 Å². The number of benzene rings is 1. The zero-order valence-corrected chi connectivity index (χ0v) is 16.1. The summed E-state index contributed by atoms with van der Waals surface area (Å²) < 4.78 is 13.0. The molecule has 0 atom stereocenters. The molecule has 4 rings (SSSR count). The van der Waals surface area contributed by atoms with Gasteiger partial charge in [-0.15, -0.1) is 0 Å². The summed E-state index contributed by atoms with van der Waals surface area (Å²) >= 11 is 0. The third-order valence-corrected chi connectivity index (χ3v) is 4.96. The van der Waals surface area contributed by atoms with Crippen LogP contribution in [0.3, 0.4) is 0 Å². The first kappa shape index (κ1) is 19.1. The largest absolute Gasteiger partial charge is 0.383 e. The Morgan fingerprint density at radius 1 is 1.00 bits per heavy atom. The van der Waals surface area contributed by atoms with E-state index in [0.29, 0.717) is 24.0 Å². The lowest BCUT2D eigenvalue weighted by atomic mass is 10.1. The maximum atomic E-state index is 13.0. The van der Waals surface area contributed by atoms with Gasteiger partial charge in [0, 0.05) is 37.9 Å². The van der Waals surface area contributed by atoms with Gasteiger partial charge >= 0.3 is 0 Å². The maximum Gasteiger partial charge on any atom is 0.230 e. The second-order valence-corrected chi connectivity index (χ2v) is 6.99. The molecule has 7 nitrogen and oxygen atoms in total. The number of halogens is 1. The predicted molar refractivity (Wildman–Crippen MR) is 113 cm³/mol. The quantitative estimate of drug-likeness (QED) is 0.593. The van der Waals surface area contributed by atoms with Crippen LogP contribution in [0.2, 0.25) is 0 Å². The van der Waals surface area contributed by atoms with E-state index >= 15 is 0 Å². The van der Waals surface area contributed by atoms with Gasteiger partial charge < -0.3 is 21.3 Å². The lowest BCUT2D eigenvalue weighted by Crippen LogP contribution is -2.43. The summed E-state index contributed by atoms with van der Waals surface area (Å²) in [6.45, 7) is 3.93. The van der Waals surface area contributed by atoms with Crippen LogP contribution in [0.15, 0.2) is 48.8 Å². The number of hydrogen-bond acceptors (Lipinski definition) is 7. The SMILES string of the molecule is Nc1nc(Nc2ccc(N3CCNCC3)cn2)ncc1CCc1ccc(F)cc1. The number of aromatic nitrogens is 3. The third kappa shape index (κ3) is 4.97. The topological polar surface area (TPSA) is 92.0 Å². The smallest absolute Gasteiger partial charge is 0.230 e. The lowest BCUT2D eigenvalue weighted by molar-refractivity contribution is 0.589. The van der Waals surface area contributed by atoms with Crippen molar-refractivity contribution in [2.75, 3.05) is 42.1 Å². The number of hydrogen-bond donors (Lipinski definition) is 3. The number of rotatable bonds is 6. The second kappa shape index (κ2) is 8.83. The summed E-state index contributed by atoms with van der Waals surface area (Å²) in [5.74, 6) is 1.28. The monoisotopic (exact) mass is 393 g/mol. The Bertz CT molecular complexity index is 938. The number of aryl methyl sites for hydroxylation is 2. The van der Waals surface area contributed by atoms with Crippen molar-refractivity contribution in [2.24, 2.45) is 0 Å². The fourth-order valence-electron chi connectivity index (χ4n) is 3.29. The first-order valence-electron chi connectivity index (χ1n) is 9.72. The highest BCUT2D eigenvalue weighted by Crippen LogP contribution is 2.19. The Kier molecular flexibility index (Phi) is 5.81. The number of anilines is 4. The summed E-state index contributed by atoms with van der Waals surface area (Å²) in [5, 5.41) is 6.44. The van der Waals surface area contributed by atoms with Crippen LogP contribution in [0, 0.1) is 5.82 Å². The molecule has 0 amide bonds. The molecule has 3 heterocycles. The van der Waals surface area contributed by atoms with Gasteiger partial charge in [0.05, 0.1) is 11.9 Å². The van der Waals surface area contributed by atoms with E-state index in [4.69, 9.17) is 5.73 Å². The van der Waals surface area contributed by atoms with Gasteiger partial charge in [0.25, 0.3) is 0 Å². The van der Waals surface area contributed by atoms with E-state index in [1.54, 1.807) is 18.3 Å². The molecule has 0 bridgehead atoms. The van der Waals surface area contributed by atoms with Crippen molar-refractivity contribution in [2.45, 2.75) is 12.8 Å². The molecular weight excluding hydrogens is 369 g/mol. The number of nitrogens with two attached hydrogens (primary N) is 1. The van der Waals surface area contributed by atoms with Gasteiger partial charge in [-0.05, 0) is 42.7 Å². The Balaban J connectivity index is 1.36. The van der Waals surface area contributed by atoms with Crippen molar-refractivity contribution in [1.29, 1.82) is 0 Å². The molecule has 29 heavy (non-hydrogen) atoms. The van der Waals surface area contributed by atoms with Gasteiger partial charge in [-0.1, -0.05) is 12.1 Å². The van der Waals surface area contributed by atoms with Crippen LogP contribution in [0.5, 0.6) is 0 Å². The van der Waals surface area contributed by atoms with Gasteiger partial charge in [0.2, 0.25) is 5.95 Å². The highest BCUT2D eigenvalue weighted by Gasteiger charge is 2.11. The van der Waals surface area contributed by atoms with E-state index < -0.39 is 0 Å². The van der Waals surface area contributed by atoms with E-state index in [2.05, 4.69) is 30.5 Å². The standard InChI is InChI=1S/C21H24FN7/c22-17-5-2-15(3-6-17)1-4-16-13-26-21(28-20(16)23)27-19-8-7-18(14-25-19)29-11-9-24-10-12-29/h2-3,5-8,13-14,24H,1,4,9-12H2,(H3,23,25,26,27,28). The summed E-state index contributed by atoms with van der Waals surface area (Å²) in [4.78, 5) is 15.5. The summed E-state index contributed by atoms with van der Waals surface area (Å²) in [5.41, 5.74) is 9.11. The molecular formula is C21H24FN7. The fraction of sp³-hybridized carbons (Fsp3) is 0.286. The van der Waals surface area contributed by atoms with Crippen LogP contribution in [0.4, 0.5) is 27.7 Å². The molecule has 2 aromatic heterocycles. The molecule has 0 aliphatic carbocycles. The predicted octanol–water partition coefficient (Wildman–Crippen LogP) is 2.53. The summed E-state index contributed by atoms with van der Waals surface area (Å²) in [7, 11) is 0. The van der Waals surface area contributed by atoms with Crippen molar-refractivity contribution in [3.8, 4) is 0 Å². The summed E-state index contributed by atoms with van der Waals surface area (Å²) in [6, 6.07) is 10.4.